The van der Waals surface area contributed by atoms with Gasteiger partial charge in [0.05, 0.1) is 7.11 Å². The highest BCUT2D eigenvalue weighted by atomic mass is 35.5. The van der Waals surface area contributed by atoms with Gasteiger partial charge in [-0.05, 0) is 25.1 Å². The Morgan fingerprint density at radius 2 is 2.00 bits per heavy atom. The van der Waals surface area contributed by atoms with Crippen LogP contribution in [0.3, 0.4) is 0 Å². The molecule has 0 spiro atoms. The number of hydrogen-bond donors (Lipinski definition) is 0. The van der Waals surface area contributed by atoms with E-state index in [4.69, 9.17) is 16.3 Å². The number of benzene rings is 1. The number of aromatic nitrogens is 2. The lowest BCUT2D eigenvalue weighted by atomic mass is 10.2. The normalized spacial score (nSPS) is 10.2. The first kappa shape index (κ1) is 10.9. The Hall–Kier alpha value is -1.61. The molecule has 1 aromatic heterocycles. The maximum Gasteiger partial charge on any atom is 0.161 e. The minimum atomic E-state index is 0.449. The van der Waals surface area contributed by atoms with E-state index in [0.29, 0.717) is 11.0 Å². The lowest BCUT2D eigenvalue weighted by molar-refractivity contribution is 0.415. The maximum atomic E-state index is 5.89. The van der Waals surface area contributed by atoms with E-state index in [1.165, 1.54) is 0 Å². The Balaban J connectivity index is 2.49. The molecule has 1 aromatic carbocycles. The molecule has 16 heavy (non-hydrogen) atoms. The van der Waals surface area contributed by atoms with Crippen LogP contribution in [0, 0.1) is 6.92 Å². The predicted molar refractivity (Wildman–Crippen MR) is 63.8 cm³/mol. The van der Waals surface area contributed by atoms with Crippen molar-refractivity contribution in [3.05, 3.63) is 41.2 Å². The Kier molecular flexibility index (Phi) is 3.06. The van der Waals surface area contributed by atoms with Crippen LogP contribution in [0.2, 0.25) is 5.15 Å². The average Bonchev–Trinajstić information content (AvgIpc) is 2.28. The summed E-state index contributed by atoms with van der Waals surface area (Å²) in [7, 11) is 1.63. The molecule has 0 unspecified atom stereocenters. The lowest BCUT2D eigenvalue weighted by Gasteiger charge is -2.04. The molecule has 2 rings (SSSR count). The van der Waals surface area contributed by atoms with Crippen molar-refractivity contribution in [2.75, 3.05) is 7.11 Å². The summed E-state index contributed by atoms with van der Waals surface area (Å²) in [6.45, 7) is 1.89. The minimum absolute atomic E-state index is 0.449. The topological polar surface area (TPSA) is 35.0 Å². The fourth-order valence-electron chi connectivity index (χ4n) is 1.42. The Morgan fingerprint density at radius 1 is 1.19 bits per heavy atom. The van der Waals surface area contributed by atoms with Gasteiger partial charge in [-0.2, -0.15) is 0 Å². The van der Waals surface area contributed by atoms with Gasteiger partial charge < -0.3 is 4.74 Å². The van der Waals surface area contributed by atoms with Crippen molar-refractivity contribution in [3.8, 4) is 17.1 Å². The van der Waals surface area contributed by atoms with Crippen LogP contribution < -0.4 is 4.74 Å². The van der Waals surface area contributed by atoms with Gasteiger partial charge >= 0.3 is 0 Å². The lowest BCUT2D eigenvalue weighted by Crippen LogP contribution is -1.92. The van der Waals surface area contributed by atoms with E-state index >= 15 is 0 Å². The van der Waals surface area contributed by atoms with Crippen LogP contribution in [0.5, 0.6) is 5.75 Å². The molecule has 0 aliphatic rings. The molecule has 2 aromatic rings. The van der Waals surface area contributed by atoms with Gasteiger partial charge in [0, 0.05) is 11.3 Å². The summed E-state index contributed by atoms with van der Waals surface area (Å²) in [5.41, 5.74) is 1.74. The third-order valence-corrected chi connectivity index (χ3v) is 2.34. The predicted octanol–water partition coefficient (Wildman–Crippen LogP) is 3.11. The van der Waals surface area contributed by atoms with Crippen molar-refractivity contribution < 1.29 is 4.74 Å². The summed E-state index contributed by atoms with van der Waals surface area (Å²) in [5.74, 6) is 1.39. The van der Waals surface area contributed by atoms with E-state index in [9.17, 15) is 0 Å². The van der Waals surface area contributed by atoms with E-state index in [0.717, 1.165) is 17.0 Å². The molecular weight excluding hydrogens is 224 g/mol. The van der Waals surface area contributed by atoms with Crippen molar-refractivity contribution in [1.82, 2.24) is 9.97 Å². The summed E-state index contributed by atoms with van der Waals surface area (Å²) in [4.78, 5) is 8.51. The first-order valence-corrected chi connectivity index (χ1v) is 5.22. The molecule has 0 saturated carbocycles. The van der Waals surface area contributed by atoms with Gasteiger partial charge in [-0.3, -0.25) is 0 Å². The third kappa shape index (κ3) is 2.31. The summed E-state index contributed by atoms with van der Waals surface area (Å²) < 4.78 is 5.15. The zero-order chi connectivity index (χ0) is 11.5. The van der Waals surface area contributed by atoms with Gasteiger partial charge in [0.15, 0.2) is 5.82 Å². The zero-order valence-electron chi connectivity index (χ0n) is 9.07. The quantitative estimate of drug-likeness (QED) is 0.749. The van der Waals surface area contributed by atoms with Gasteiger partial charge in [-0.1, -0.05) is 23.7 Å². The fourth-order valence-corrected chi connectivity index (χ4v) is 1.66. The van der Waals surface area contributed by atoms with Gasteiger partial charge in [0.25, 0.3) is 0 Å². The van der Waals surface area contributed by atoms with Gasteiger partial charge in [0.1, 0.15) is 10.9 Å². The molecule has 0 bridgehead atoms. The first-order chi connectivity index (χ1) is 7.69. The van der Waals surface area contributed by atoms with Crippen molar-refractivity contribution in [2.24, 2.45) is 0 Å². The fraction of sp³-hybridized carbons (Fsp3) is 0.167. The Morgan fingerprint density at radius 3 is 2.69 bits per heavy atom. The van der Waals surface area contributed by atoms with Crippen molar-refractivity contribution in [2.45, 2.75) is 6.92 Å². The highest BCUT2D eigenvalue weighted by Gasteiger charge is 2.04. The standard InChI is InChI=1S/C12H11ClN2O/c1-8-6-11(13)15-12(14-8)9-4-3-5-10(7-9)16-2/h3-7H,1-2H3. The van der Waals surface area contributed by atoms with Crippen molar-refractivity contribution in [1.29, 1.82) is 0 Å². The molecule has 0 aliphatic heterocycles. The molecule has 82 valence electrons. The molecule has 1 heterocycles. The SMILES string of the molecule is COc1cccc(-c2nc(C)cc(Cl)n2)c1. The summed E-state index contributed by atoms with van der Waals surface area (Å²) >= 11 is 5.89. The molecule has 4 heteroatoms. The first-order valence-electron chi connectivity index (χ1n) is 4.84. The Bertz CT molecular complexity index is 494. The number of ether oxygens (including phenoxy) is 1. The van der Waals surface area contributed by atoms with Crippen LogP contribution in [0.1, 0.15) is 5.69 Å². The monoisotopic (exact) mass is 234 g/mol. The molecule has 0 aliphatic carbocycles. The van der Waals surface area contributed by atoms with Crippen LogP contribution in [-0.2, 0) is 0 Å². The second kappa shape index (κ2) is 4.49. The molecule has 3 nitrogen and oxygen atoms in total. The molecule has 0 N–H and O–H groups in total. The minimum Gasteiger partial charge on any atom is -0.497 e. The zero-order valence-corrected chi connectivity index (χ0v) is 9.82. The van der Waals surface area contributed by atoms with Crippen molar-refractivity contribution in [3.63, 3.8) is 0 Å². The smallest absolute Gasteiger partial charge is 0.161 e. The third-order valence-electron chi connectivity index (χ3n) is 2.15. The van der Waals surface area contributed by atoms with Crippen LogP contribution in [0.15, 0.2) is 30.3 Å². The van der Waals surface area contributed by atoms with Crippen molar-refractivity contribution >= 4 is 11.6 Å². The van der Waals surface area contributed by atoms with E-state index < -0.39 is 0 Å². The summed E-state index contributed by atoms with van der Waals surface area (Å²) in [6.07, 6.45) is 0. The average molecular weight is 235 g/mol. The number of methoxy groups -OCH3 is 1. The van der Waals surface area contributed by atoms with E-state index in [1.54, 1.807) is 13.2 Å². The second-order valence-corrected chi connectivity index (χ2v) is 3.77. The highest BCUT2D eigenvalue weighted by molar-refractivity contribution is 6.29. The van der Waals surface area contributed by atoms with E-state index in [2.05, 4.69) is 9.97 Å². The molecule has 0 radical (unpaired) electrons. The van der Waals surface area contributed by atoms with E-state index in [1.807, 2.05) is 31.2 Å². The Labute approximate surface area is 99.1 Å². The molecule has 0 fully saturated rings. The number of rotatable bonds is 2. The van der Waals surface area contributed by atoms with Gasteiger partial charge in [0.2, 0.25) is 0 Å². The van der Waals surface area contributed by atoms with Crippen LogP contribution in [0.25, 0.3) is 11.4 Å². The summed E-state index contributed by atoms with van der Waals surface area (Å²) in [6, 6.07) is 9.30. The van der Waals surface area contributed by atoms with Crippen LogP contribution >= 0.6 is 11.6 Å². The van der Waals surface area contributed by atoms with Gasteiger partial charge in [-0.25, -0.2) is 9.97 Å². The molecule has 0 saturated heterocycles. The maximum absolute atomic E-state index is 5.89. The molecule has 0 atom stereocenters. The number of aryl methyl sites for hydroxylation is 1. The summed E-state index contributed by atoms with van der Waals surface area (Å²) in [5, 5.41) is 0.449. The number of halogens is 1. The number of nitrogens with zero attached hydrogens (tertiary/aromatic N) is 2. The highest BCUT2D eigenvalue weighted by Crippen LogP contribution is 2.22. The molecule has 0 amide bonds. The molecular formula is C12H11ClN2O. The van der Waals surface area contributed by atoms with E-state index in [-0.39, 0.29) is 0 Å². The largest absolute Gasteiger partial charge is 0.497 e. The number of hydrogen-bond acceptors (Lipinski definition) is 3. The second-order valence-electron chi connectivity index (χ2n) is 3.39. The van der Waals surface area contributed by atoms with Crippen LogP contribution in [0.4, 0.5) is 0 Å². The van der Waals surface area contributed by atoms with Gasteiger partial charge in [-0.15, -0.1) is 0 Å². The van der Waals surface area contributed by atoms with Crippen LogP contribution in [-0.4, -0.2) is 17.1 Å².